The van der Waals surface area contributed by atoms with Gasteiger partial charge >= 0.3 is 5.69 Å². The topological polar surface area (TPSA) is 108 Å². The number of aryl methyl sites for hydroxylation is 1. The highest BCUT2D eigenvalue weighted by atomic mass is 35.5. The Morgan fingerprint density at radius 2 is 2.08 bits per heavy atom. The summed E-state index contributed by atoms with van der Waals surface area (Å²) in [5, 5.41) is 4.01. The fourth-order valence-electron chi connectivity index (χ4n) is 2.18. The van der Waals surface area contributed by atoms with E-state index in [1.165, 1.54) is 11.3 Å². The number of rotatable bonds is 4. The third-order valence-corrected chi connectivity index (χ3v) is 4.99. The van der Waals surface area contributed by atoms with Crippen molar-refractivity contribution in [2.75, 3.05) is 0 Å². The first kappa shape index (κ1) is 17.1. The Kier molecular flexibility index (Phi) is 4.82. The van der Waals surface area contributed by atoms with Crippen LogP contribution in [-0.4, -0.2) is 20.9 Å². The number of thiazole rings is 1. The van der Waals surface area contributed by atoms with Gasteiger partial charge in [0.25, 0.3) is 11.5 Å². The fraction of sp³-hybridized carbons (Fsp3) is 0.125. The quantitative estimate of drug-likeness (QED) is 0.647. The van der Waals surface area contributed by atoms with Gasteiger partial charge in [-0.2, -0.15) is 0 Å². The minimum atomic E-state index is -0.737. The molecule has 0 saturated carbocycles. The molecule has 0 unspecified atom stereocenters. The fourth-order valence-corrected chi connectivity index (χ4v) is 3.50. The largest absolute Gasteiger partial charge is 0.347 e. The first-order valence-corrected chi connectivity index (χ1v) is 8.46. The molecule has 3 N–H and O–H groups in total. The number of nitrogens with one attached hydrogen (secondary N) is 3. The van der Waals surface area contributed by atoms with Gasteiger partial charge in [0.1, 0.15) is 10.6 Å². The van der Waals surface area contributed by atoms with Gasteiger partial charge in [0.15, 0.2) is 0 Å². The van der Waals surface area contributed by atoms with Crippen molar-refractivity contribution >= 4 is 28.8 Å². The van der Waals surface area contributed by atoms with Gasteiger partial charge in [-0.05, 0) is 13.0 Å². The van der Waals surface area contributed by atoms with Crippen LogP contribution in [0.15, 0.2) is 40.1 Å². The van der Waals surface area contributed by atoms with Crippen molar-refractivity contribution in [1.82, 2.24) is 20.3 Å². The molecule has 0 saturated heterocycles. The van der Waals surface area contributed by atoms with Crippen molar-refractivity contribution in [3.63, 3.8) is 0 Å². The molecule has 0 radical (unpaired) electrons. The molecule has 1 amide bonds. The zero-order valence-corrected chi connectivity index (χ0v) is 14.6. The number of nitrogens with zero attached hydrogens (tertiary/aromatic N) is 1. The van der Waals surface area contributed by atoms with Gasteiger partial charge in [-0.15, -0.1) is 11.3 Å². The van der Waals surface area contributed by atoms with Gasteiger partial charge in [0.2, 0.25) is 0 Å². The van der Waals surface area contributed by atoms with E-state index in [4.69, 9.17) is 11.6 Å². The number of carbonyl (C=O) groups is 1. The van der Waals surface area contributed by atoms with E-state index < -0.39 is 17.2 Å². The number of H-pyrrole nitrogens is 2. The average Bonchev–Trinajstić information content (AvgIpc) is 2.94. The van der Waals surface area contributed by atoms with Crippen LogP contribution in [-0.2, 0) is 6.54 Å². The summed E-state index contributed by atoms with van der Waals surface area (Å²) >= 11 is 7.60. The number of aromatic amines is 2. The highest BCUT2D eigenvalue weighted by Crippen LogP contribution is 2.32. The monoisotopic (exact) mass is 376 g/mol. The zero-order valence-electron chi connectivity index (χ0n) is 13.1. The molecule has 25 heavy (non-hydrogen) atoms. The molecular weight excluding hydrogens is 364 g/mol. The Labute approximate surface area is 150 Å². The summed E-state index contributed by atoms with van der Waals surface area (Å²) < 4.78 is 0. The summed E-state index contributed by atoms with van der Waals surface area (Å²) in [4.78, 5) is 44.3. The van der Waals surface area contributed by atoms with Gasteiger partial charge in [-0.3, -0.25) is 14.6 Å². The molecule has 0 spiro atoms. The third-order valence-electron chi connectivity index (χ3n) is 3.47. The van der Waals surface area contributed by atoms with E-state index >= 15 is 0 Å². The third kappa shape index (κ3) is 3.70. The normalized spacial score (nSPS) is 10.6. The van der Waals surface area contributed by atoms with Gasteiger partial charge in [0, 0.05) is 16.6 Å². The average molecular weight is 377 g/mol. The van der Waals surface area contributed by atoms with Crippen LogP contribution in [0.2, 0.25) is 5.02 Å². The number of aromatic nitrogens is 3. The Morgan fingerprint density at radius 1 is 1.32 bits per heavy atom. The maximum Gasteiger partial charge on any atom is 0.325 e. The summed E-state index contributed by atoms with van der Waals surface area (Å²) in [7, 11) is 0. The van der Waals surface area contributed by atoms with Crippen LogP contribution in [0.25, 0.3) is 10.6 Å². The lowest BCUT2D eigenvalue weighted by molar-refractivity contribution is 0.0949. The second kappa shape index (κ2) is 7.04. The number of hydrogen-bond acceptors (Lipinski definition) is 5. The summed E-state index contributed by atoms with van der Waals surface area (Å²) in [6.07, 6.45) is 1.09. The van der Waals surface area contributed by atoms with Crippen molar-refractivity contribution in [3.05, 3.63) is 72.5 Å². The second-order valence-electron chi connectivity index (χ2n) is 5.18. The Hall–Kier alpha value is -2.71. The summed E-state index contributed by atoms with van der Waals surface area (Å²) in [6, 6.07) is 7.39. The molecule has 128 valence electrons. The van der Waals surface area contributed by atoms with Crippen molar-refractivity contribution in [2.45, 2.75) is 13.5 Å². The van der Waals surface area contributed by atoms with E-state index in [0.717, 1.165) is 27.3 Å². The molecule has 0 bridgehead atoms. The standard InChI is InChI=1S/C16H13ClN4O3S/c1-8-12(25-15(20-8)9-4-2-3-5-11(9)17)7-18-13(22)10-6-19-16(24)21-14(10)23/h2-6H,7H2,1H3,(H,18,22)(H2,19,21,23,24). The van der Waals surface area contributed by atoms with Gasteiger partial charge in [-0.25, -0.2) is 9.78 Å². The lowest BCUT2D eigenvalue weighted by Crippen LogP contribution is -2.33. The van der Waals surface area contributed by atoms with Crippen molar-refractivity contribution in [2.24, 2.45) is 0 Å². The number of halogens is 1. The van der Waals surface area contributed by atoms with Crippen LogP contribution in [0, 0.1) is 6.92 Å². The number of amides is 1. The summed E-state index contributed by atoms with van der Waals surface area (Å²) in [5.41, 5.74) is 0.0406. The number of hydrogen-bond donors (Lipinski definition) is 3. The van der Waals surface area contributed by atoms with Crippen LogP contribution < -0.4 is 16.6 Å². The summed E-state index contributed by atoms with van der Waals surface area (Å²) in [6.45, 7) is 2.05. The Bertz CT molecular complexity index is 1050. The molecule has 0 aliphatic heterocycles. The first-order chi connectivity index (χ1) is 12.0. The van der Waals surface area contributed by atoms with Crippen LogP contribution in [0.4, 0.5) is 0 Å². The second-order valence-corrected chi connectivity index (χ2v) is 6.67. The van der Waals surface area contributed by atoms with Gasteiger partial charge in [0.05, 0.1) is 17.3 Å². The Balaban J connectivity index is 1.78. The molecule has 1 aromatic carbocycles. The number of benzene rings is 1. The van der Waals surface area contributed by atoms with Crippen molar-refractivity contribution in [1.29, 1.82) is 0 Å². The van der Waals surface area contributed by atoms with Crippen molar-refractivity contribution < 1.29 is 4.79 Å². The molecule has 0 aliphatic carbocycles. The lowest BCUT2D eigenvalue weighted by Gasteiger charge is -2.03. The highest BCUT2D eigenvalue weighted by Gasteiger charge is 2.15. The van der Waals surface area contributed by atoms with E-state index in [-0.39, 0.29) is 12.1 Å². The van der Waals surface area contributed by atoms with Crippen LogP contribution >= 0.6 is 22.9 Å². The van der Waals surface area contributed by atoms with E-state index in [1.54, 1.807) is 6.07 Å². The molecule has 3 rings (SSSR count). The minimum Gasteiger partial charge on any atom is -0.347 e. The van der Waals surface area contributed by atoms with E-state index in [1.807, 2.05) is 30.1 Å². The van der Waals surface area contributed by atoms with E-state index in [9.17, 15) is 14.4 Å². The number of carbonyl (C=O) groups excluding carboxylic acids is 1. The van der Waals surface area contributed by atoms with Crippen LogP contribution in [0.3, 0.4) is 0 Å². The smallest absolute Gasteiger partial charge is 0.325 e. The molecular formula is C16H13ClN4O3S. The molecule has 0 aliphatic rings. The predicted octanol–water partition coefficient (Wildman–Crippen LogP) is 2.08. The molecule has 0 atom stereocenters. The molecule has 7 nitrogen and oxygen atoms in total. The minimum absolute atomic E-state index is 0.159. The summed E-state index contributed by atoms with van der Waals surface area (Å²) in [5.74, 6) is -0.579. The molecule has 2 heterocycles. The maximum absolute atomic E-state index is 12.1. The maximum atomic E-state index is 12.1. The Morgan fingerprint density at radius 3 is 2.80 bits per heavy atom. The highest BCUT2D eigenvalue weighted by molar-refractivity contribution is 7.15. The van der Waals surface area contributed by atoms with Gasteiger partial charge < -0.3 is 10.3 Å². The lowest BCUT2D eigenvalue weighted by atomic mass is 10.2. The molecule has 0 fully saturated rings. The SMILES string of the molecule is Cc1nc(-c2ccccc2Cl)sc1CNC(=O)c1c[nH]c(=O)[nH]c1=O. The van der Waals surface area contributed by atoms with Crippen molar-refractivity contribution in [3.8, 4) is 10.6 Å². The first-order valence-electron chi connectivity index (χ1n) is 7.27. The molecule has 2 aromatic heterocycles. The molecule has 9 heteroatoms. The van der Waals surface area contributed by atoms with Gasteiger partial charge in [-0.1, -0.05) is 29.8 Å². The molecule has 3 aromatic rings. The van der Waals surface area contributed by atoms with Crippen LogP contribution in [0.5, 0.6) is 0 Å². The van der Waals surface area contributed by atoms with E-state index in [2.05, 4.69) is 15.3 Å². The predicted molar refractivity (Wildman–Crippen MR) is 96.2 cm³/mol. The van der Waals surface area contributed by atoms with Crippen LogP contribution in [0.1, 0.15) is 20.9 Å². The zero-order chi connectivity index (χ0) is 18.0. The van der Waals surface area contributed by atoms with E-state index in [0.29, 0.717) is 5.02 Å².